The number of halogens is 2. The highest BCUT2D eigenvalue weighted by Crippen LogP contribution is 2.27. The molecular weight excluding hydrogens is 279 g/mol. The molecule has 3 rings (SSSR count). The number of fused-ring (bicyclic) bond motifs is 1. The lowest BCUT2D eigenvalue weighted by molar-refractivity contribution is 0.103. The van der Waals surface area contributed by atoms with Crippen molar-refractivity contribution in [3.63, 3.8) is 0 Å². The number of carbonyl (C=O) groups excluding carboxylic acids is 1. The van der Waals surface area contributed by atoms with Crippen molar-refractivity contribution in [2.45, 2.75) is 12.8 Å². The molecule has 0 bridgehead atoms. The number of ether oxygens (including phenoxy) is 1. The summed E-state index contributed by atoms with van der Waals surface area (Å²) in [5.41, 5.74) is 1.44. The van der Waals surface area contributed by atoms with Crippen molar-refractivity contribution in [1.29, 1.82) is 0 Å². The van der Waals surface area contributed by atoms with Gasteiger partial charge >= 0.3 is 0 Å². The first-order chi connectivity index (χ1) is 9.66. The van der Waals surface area contributed by atoms with E-state index < -0.39 is 5.82 Å². The maximum Gasteiger partial charge on any atom is 0.196 e. The molecule has 0 amide bonds. The molecule has 0 radical (unpaired) electrons. The summed E-state index contributed by atoms with van der Waals surface area (Å²) in [7, 11) is 0. The van der Waals surface area contributed by atoms with Crippen LogP contribution >= 0.6 is 11.6 Å². The van der Waals surface area contributed by atoms with Crippen LogP contribution < -0.4 is 4.74 Å². The summed E-state index contributed by atoms with van der Waals surface area (Å²) in [5.74, 6) is -0.231. The van der Waals surface area contributed by atoms with E-state index in [4.69, 9.17) is 16.3 Å². The Labute approximate surface area is 121 Å². The molecule has 2 nitrogen and oxygen atoms in total. The van der Waals surface area contributed by atoms with E-state index in [0.29, 0.717) is 12.2 Å². The Hall–Kier alpha value is -1.87. The molecule has 0 N–H and O–H groups in total. The van der Waals surface area contributed by atoms with Crippen molar-refractivity contribution in [3.8, 4) is 5.75 Å². The topological polar surface area (TPSA) is 26.3 Å². The van der Waals surface area contributed by atoms with Crippen LogP contribution in [0.2, 0.25) is 5.02 Å². The third-order valence-corrected chi connectivity index (χ3v) is 3.66. The number of aryl methyl sites for hydroxylation is 1. The average molecular weight is 291 g/mol. The second-order valence-electron chi connectivity index (χ2n) is 4.71. The fourth-order valence-corrected chi connectivity index (χ4v) is 2.51. The second kappa shape index (κ2) is 5.25. The minimum absolute atomic E-state index is 0.00539. The molecule has 0 aromatic heterocycles. The predicted molar refractivity (Wildman–Crippen MR) is 75.1 cm³/mol. The standard InChI is InChI=1S/C16H12ClFO2/c17-13-5-1-4-12(15(13)18)16(19)11-6-7-14-10(9-11)3-2-8-20-14/h1,4-7,9H,2-3,8H2. The maximum absolute atomic E-state index is 13.9. The molecule has 0 saturated carbocycles. The normalized spacial score (nSPS) is 13.5. The van der Waals surface area contributed by atoms with Crippen molar-refractivity contribution >= 4 is 17.4 Å². The van der Waals surface area contributed by atoms with Crippen LogP contribution in [0.1, 0.15) is 27.9 Å². The monoisotopic (exact) mass is 290 g/mol. The predicted octanol–water partition coefficient (Wildman–Crippen LogP) is 4.04. The number of ketones is 1. The second-order valence-corrected chi connectivity index (χ2v) is 5.11. The first-order valence-electron chi connectivity index (χ1n) is 6.41. The van der Waals surface area contributed by atoms with Gasteiger partial charge in [-0.25, -0.2) is 4.39 Å². The van der Waals surface area contributed by atoms with Gasteiger partial charge in [-0.15, -0.1) is 0 Å². The van der Waals surface area contributed by atoms with Crippen LogP contribution in [0, 0.1) is 5.82 Å². The van der Waals surface area contributed by atoms with Crippen molar-refractivity contribution in [2.24, 2.45) is 0 Å². The van der Waals surface area contributed by atoms with E-state index in [1.807, 2.05) is 0 Å². The zero-order chi connectivity index (χ0) is 14.1. The Bertz CT molecular complexity index is 682. The molecule has 102 valence electrons. The molecule has 2 aromatic carbocycles. The van der Waals surface area contributed by atoms with Crippen LogP contribution in [-0.4, -0.2) is 12.4 Å². The SMILES string of the molecule is O=C(c1ccc2c(c1)CCCO2)c1cccc(Cl)c1F. The van der Waals surface area contributed by atoms with Crippen LogP contribution in [0.4, 0.5) is 4.39 Å². The van der Waals surface area contributed by atoms with Gasteiger partial charge in [0.25, 0.3) is 0 Å². The van der Waals surface area contributed by atoms with Gasteiger partial charge in [-0.05, 0) is 48.7 Å². The molecule has 1 aliphatic rings. The van der Waals surface area contributed by atoms with E-state index in [1.165, 1.54) is 12.1 Å². The van der Waals surface area contributed by atoms with Gasteiger partial charge in [0.05, 0.1) is 17.2 Å². The molecule has 20 heavy (non-hydrogen) atoms. The Morgan fingerprint density at radius 1 is 1.25 bits per heavy atom. The number of carbonyl (C=O) groups is 1. The Kier molecular flexibility index (Phi) is 3.45. The van der Waals surface area contributed by atoms with Crippen molar-refractivity contribution in [1.82, 2.24) is 0 Å². The Morgan fingerprint density at radius 3 is 2.95 bits per heavy atom. The van der Waals surface area contributed by atoms with E-state index in [1.54, 1.807) is 24.3 Å². The van der Waals surface area contributed by atoms with Gasteiger partial charge in [0.1, 0.15) is 5.75 Å². The highest BCUT2D eigenvalue weighted by Gasteiger charge is 2.18. The lowest BCUT2D eigenvalue weighted by atomic mass is 9.98. The first-order valence-corrected chi connectivity index (χ1v) is 6.79. The van der Waals surface area contributed by atoms with E-state index in [9.17, 15) is 9.18 Å². The molecule has 4 heteroatoms. The summed E-state index contributed by atoms with van der Waals surface area (Å²) in [4.78, 5) is 12.4. The van der Waals surface area contributed by atoms with Crippen molar-refractivity contribution < 1.29 is 13.9 Å². The highest BCUT2D eigenvalue weighted by atomic mass is 35.5. The van der Waals surface area contributed by atoms with Crippen molar-refractivity contribution in [3.05, 3.63) is 63.9 Å². The van der Waals surface area contributed by atoms with Gasteiger partial charge < -0.3 is 4.74 Å². The molecule has 2 aromatic rings. The zero-order valence-electron chi connectivity index (χ0n) is 10.7. The van der Waals surface area contributed by atoms with Crippen molar-refractivity contribution in [2.75, 3.05) is 6.61 Å². The summed E-state index contributed by atoms with van der Waals surface area (Å²) in [6.07, 6.45) is 1.80. The largest absolute Gasteiger partial charge is 0.493 e. The summed E-state index contributed by atoms with van der Waals surface area (Å²) in [6.45, 7) is 0.698. The minimum Gasteiger partial charge on any atom is -0.493 e. The first kappa shape index (κ1) is 13.1. The fraction of sp³-hybridized carbons (Fsp3) is 0.188. The van der Waals surface area contributed by atoms with Gasteiger partial charge in [-0.1, -0.05) is 17.7 Å². The van der Waals surface area contributed by atoms with Crippen LogP contribution in [0.3, 0.4) is 0 Å². The number of hydrogen-bond donors (Lipinski definition) is 0. The highest BCUT2D eigenvalue weighted by molar-refractivity contribution is 6.31. The third kappa shape index (κ3) is 2.29. The van der Waals surface area contributed by atoms with Crippen LogP contribution in [0.5, 0.6) is 5.75 Å². The van der Waals surface area contributed by atoms with Crippen LogP contribution in [0.25, 0.3) is 0 Å². The molecule has 0 fully saturated rings. The lowest BCUT2D eigenvalue weighted by Crippen LogP contribution is -2.10. The van der Waals surface area contributed by atoms with E-state index >= 15 is 0 Å². The van der Waals surface area contributed by atoms with Gasteiger partial charge in [0.15, 0.2) is 11.6 Å². The van der Waals surface area contributed by atoms with Crippen LogP contribution in [-0.2, 0) is 6.42 Å². The van der Waals surface area contributed by atoms with Gasteiger partial charge in [0, 0.05) is 5.56 Å². The molecule has 1 heterocycles. The quantitative estimate of drug-likeness (QED) is 0.781. The van der Waals surface area contributed by atoms with E-state index in [2.05, 4.69) is 0 Å². The molecule has 1 aliphatic heterocycles. The van der Waals surface area contributed by atoms with Gasteiger partial charge in [-0.2, -0.15) is 0 Å². The molecule has 0 spiro atoms. The molecular formula is C16H12ClFO2. The molecule has 0 saturated heterocycles. The van der Waals surface area contributed by atoms with E-state index in [0.717, 1.165) is 24.2 Å². The zero-order valence-corrected chi connectivity index (χ0v) is 11.4. The van der Waals surface area contributed by atoms with Gasteiger partial charge in [-0.3, -0.25) is 4.79 Å². The van der Waals surface area contributed by atoms with Crippen LogP contribution in [0.15, 0.2) is 36.4 Å². The third-order valence-electron chi connectivity index (χ3n) is 3.37. The Morgan fingerprint density at radius 2 is 2.10 bits per heavy atom. The number of rotatable bonds is 2. The number of benzene rings is 2. The Balaban J connectivity index is 2.00. The maximum atomic E-state index is 13.9. The lowest BCUT2D eigenvalue weighted by Gasteiger charge is -2.17. The average Bonchev–Trinajstić information content (AvgIpc) is 2.49. The van der Waals surface area contributed by atoms with Gasteiger partial charge in [0.2, 0.25) is 0 Å². The summed E-state index contributed by atoms with van der Waals surface area (Å²) >= 11 is 5.71. The summed E-state index contributed by atoms with van der Waals surface area (Å²) < 4.78 is 19.4. The summed E-state index contributed by atoms with van der Waals surface area (Å²) in [5, 5.41) is -0.0443. The molecule has 0 aliphatic carbocycles. The fourth-order valence-electron chi connectivity index (χ4n) is 2.34. The molecule has 0 atom stereocenters. The number of hydrogen-bond acceptors (Lipinski definition) is 2. The van der Waals surface area contributed by atoms with E-state index in [-0.39, 0.29) is 16.4 Å². The minimum atomic E-state index is -0.673. The molecule has 0 unspecified atom stereocenters. The smallest absolute Gasteiger partial charge is 0.196 e. The summed E-state index contributed by atoms with van der Waals surface area (Å²) in [6, 6.07) is 9.64.